The molecule has 0 atom stereocenters. The van der Waals surface area contributed by atoms with Crippen molar-refractivity contribution < 1.29 is 19.1 Å². The van der Waals surface area contributed by atoms with Gasteiger partial charge in [-0.05, 0) is 29.8 Å². The van der Waals surface area contributed by atoms with Gasteiger partial charge in [-0.15, -0.1) is 0 Å². The average molecular weight is 378 g/mol. The molecule has 3 rings (SSSR count). The summed E-state index contributed by atoms with van der Waals surface area (Å²) in [5, 5.41) is 0.795. The summed E-state index contributed by atoms with van der Waals surface area (Å²) in [6.07, 6.45) is -0.0766. The van der Waals surface area contributed by atoms with Crippen LogP contribution >= 0.6 is 23.2 Å². The maximum absolute atomic E-state index is 12.2. The van der Waals surface area contributed by atoms with E-state index in [0.29, 0.717) is 26.7 Å². The van der Waals surface area contributed by atoms with Gasteiger partial charge in [0.15, 0.2) is 0 Å². The van der Waals surface area contributed by atoms with Crippen LogP contribution in [0.5, 0.6) is 0 Å². The van der Waals surface area contributed by atoms with Crippen LogP contribution in [-0.4, -0.2) is 29.2 Å². The topological polar surface area (TPSA) is 63.7 Å². The first-order valence-corrected chi connectivity index (χ1v) is 8.27. The minimum absolute atomic E-state index is 0.0213. The zero-order valence-corrected chi connectivity index (χ0v) is 14.5. The fourth-order valence-corrected chi connectivity index (χ4v) is 2.83. The molecule has 0 unspecified atom stereocenters. The van der Waals surface area contributed by atoms with Gasteiger partial charge in [-0.1, -0.05) is 41.4 Å². The highest BCUT2D eigenvalue weighted by molar-refractivity contribution is 6.42. The van der Waals surface area contributed by atoms with Crippen molar-refractivity contribution in [1.29, 1.82) is 0 Å². The van der Waals surface area contributed by atoms with E-state index < -0.39 is 17.8 Å². The second kappa shape index (κ2) is 7.25. The fraction of sp³-hybridized carbons (Fsp3) is 0.167. The van der Waals surface area contributed by atoms with Gasteiger partial charge in [-0.25, -0.2) is 0 Å². The highest BCUT2D eigenvalue weighted by Gasteiger charge is 2.35. The lowest BCUT2D eigenvalue weighted by Gasteiger charge is -2.13. The third kappa shape index (κ3) is 3.67. The monoisotopic (exact) mass is 377 g/mol. The molecule has 1 heterocycles. The molecule has 0 fully saturated rings. The van der Waals surface area contributed by atoms with E-state index in [0.717, 1.165) is 4.90 Å². The molecule has 128 valence electrons. The normalized spacial score (nSPS) is 13.1. The SMILES string of the molecule is O=C(CCN1C(=O)c2ccccc2C1=O)OCc1ccc(Cl)c(Cl)c1. The average Bonchev–Trinajstić information content (AvgIpc) is 2.85. The summed E-state index contributed by atoms with van der Waals surface area (Å²) < 4.78 is 5.14. The number of rotatable bonds is 5. The largest absolute Gasteiger partial charge is 0.461 e. The summed E-state index contributed by atoms with van der Waals surface area (Å²) in [6.45, 7) is 0.0182. The Kier molecular flexibility index (Phi) is 5.06. The Morgan fingerprint density at radius 2 is 1.60 bits per heavy atom. The van der Waals surface area contributed by atoms with Gasteiger partial charge in [0.25, 0.3) is 11.8 Å². The number of nitrogens with zero attached hydrogens (tertiary/aromatic N) is 1. The third-order valence-electron chi connectivity index (χ3n) is 3.80. The number of amides is 2. The highest BCUT2D eigenvalue weighted by Crippen LogP contribution is 2.24. The molecule has 2 aromatic rings. The molecular formula is C18H13Cl2NO4. The molecule has 0 aromatic heterocycles. The van der Waals surface area contributed by atoms with Crippen LogP contribution in [0.3, 0.4) is 0 Å². The second-order valence-electron chi connectivity index (χ2n) is 5.47. The van der Waals surface area contributed by atoms with Crippen LogP contribution in [0.4, 0.5) is 0 Å². The van der Waals surface area contributed by atoms with Crippen molar-refractivity contribution in [2.75, 3.05) is 6.54 Å². The Morgan fingerprint density at radius 1 is 0.960 bits per heavy atom. The van der Waals surface area contributed by atoms with Crippen LogP contribution in [0.25, 0.3) is 0 Å². The Hall–Kier alpha value is -2.37. The zero-order chi connectivity index (χ0) is 18.0. The summed E-state index contributed by atoms with van der Waals surface area (Å²) in [5.41, 5.74) is 1.41. The number of carbonyl (C=O) groups excluding carboxylic acids is 3. The van der Waals surface area contributed by atoms with E-state index in [1.165, 1.54) is 0 Å². The number of imide groups is 1. The van der Waals surface area contributed by atoms with Crippen LogP contribution in [0.15, 0.2) is 42.5 Å². The molecule has 7 heteroatoms. The van der Waals surface area contributed by atoms with Crippen LogP contribution < -0.4 is 0 Å². The van der Waals surface area contributed by atoms with Gasteiger partial charge in [-0.3, -0.25) is 19.3 Å². The molecule has 0 saturated heterocycles. The standard InChI is InChI=1S/C18H13Cl2NO4/c19-14-6-5-11(9-15(14)20)10-25-16(22)7-8-21-17(23)12-3-1-2-4-13(12)18(21)24/h1-6,9H,7-8,10H2. The molecule has 1 aliphatic heterocycles. The third-order valence-corrected chi connectivity index (χ3v) is 4.54. The molecule has 5 nitrogen and oxygen atoms in total. The number of fused-ring (bicyclic) bond motifs is 1. The highest BCUT2D eigenvalue weighted by atomic mass is 35.5. The van der Waals surface area contributed by atoms with Crippen LogP contribution in [0.1, 0.15) is 32.7 Å². The van der Waals surface area contributed by atoms with Crippen molar-refractivity contribution in [1.82, 2.24) is 4.90 Å². The van der Waals surface area contributed by atoms with E-state index in [2.05, 4.69) is 0 Å². The minimum atomic E-state index is -0.511. The van der Waals surface area contributed by atoms with E-state index >= 15 is 0 Å². The van der Waals surface area contributed by atoms with E-state index in [4.69, 9.17) is 27.9 Å². The number of hydrogen-bond acceptors (Lipinski definition) is 4. The van der Waals surface area contributed by atoms with Crippen molar-refractivity contribution >= 4 is 41.0 Å². The van der Waals surface area contributed by atoms with Gasteiger partial charge in [0.05, 0.1) is 27.6 Å². The maximum Gasteiger partial charge on any atom is 0.307 e. The summed E-state index contributed by atoms with van der Waals surface area (Å²) in [4.78, 5) is 37.3. The summed E-state index contributed by atoms with van der Waals surface area (Å²) >= 11 is 11.7. The van der Waals surface area contributed by atoms with Crippen molar-refractivity contribution in [2.24, 2.45) is 0 Å². The van der Waals surface area contributed by atoms with Gasteiger partial charge in [0.1, 0.15) is 6.61 Å². The molecule has 0 radical (unpaired) electrons. The molecule has 2 aromatic carbocycles. The number of hydrogen-bond donors (Lipinski definition) is 0. The lowest BCUT2D eigenvalue weighted by atomic mass is 10.1. The predicted molar refractivity (Wildman–Crippen MR) is 92.7 cm³/mol. The van der Waals surface area contributed by atoms with Gasteiger partial charge in [0, 0.05) is 6.54 Å². The smallest absolute Gasteiger partial charge is 0.307 e. The summed E-state index contributed by atoms with van der Waals surface area (Å²) in [7, 11) is 0. The molecule has 0 bridgehead atoms. The lowest BCUT2D eigenvalue weighted by molar-refractivity contribution is -0.145. The van der Waals surface area contributed by atoms with E-state index in [-0.39, 0.29) is 19.6 Å². The minimum Gasteiger partial charge on any atom is -0.461 e. The summed E-state index contributed by atoms with van der Waals surface area (Å²) in [5.74, 6) is -1.29. The first-order valence-electron chi connectivity index (χ1n) is 7.52. The Balaban J connectivity index is 1.54. The van der Waals surface area contributed by atoms with Crippen LogP contribution in [0, 0.1) is 0 Å². The van der Waals surface area contributed by atoms with E-state index in [9.17, 15) is 14.4 Å². The predicted octanol–water partition coefficient (Wildman–Crippen LogP) is 3.72. The molecule has 2 amide bonds. The molecular weight excluding hydrogens is 365 g/mol. The van der Waals surface area contributed by atoms with Crippen molar-refractivity contribution in [3.05, 3.63) is 69.2 Å². The number of halogens is 2. The number of carbonyl (C=O) groups is 3. The summed E-state index contributed by atoms with van der Waals surface area (Å²) in [6, 6.07) is 11.5. The molecule has 1 aliphatic rings. The van der Waals surface area contributed by atoms with Crippen molar-refractivity contribution in [2.45, 2.75) is 13.0 Å². The first kappa shape index (κ1) is 17.5. The van der Waals surface area contributed by atoms with Crippen molar-refractivity contribution in [3.63, 3.8) is 0 Å². The second-order valence-corrected chi connectivity index (χ2v) is 6.28. The number of benzene rings is 2. The Bertz CT molecular complexity index is 831. The first-order chi connectivity index (χ1) is 12.0. The zero-order valence-electron chi connectivity index (χ0n) is 13.0. The number of ether oxygens (including phenoxy) is 1. The quantitative estimate of drug-likeness (QED) is 0.588. The van der Waals surface area contributed by atoms with Crippen LogP contribution in [-0.2, 0) is 16.1 Å². The molecule has 0 aliphatic carbocycles. The van der Waals surface area contributed by atoms with Gasteiger partial charge in [-0.2, -0.15) is 0 Å². The molecule has 0 saturated carbocycles. The van der Waals surface area contributed by atoms with Crippen LogP contribution in [0.2, 0.25) is 10.0 Å². The Morgan fingerprint density at radius 3 is 2.20 bits per heavy atom. The molecule has 0 N–H and O–H groups in total. The fourth-order valence-electron chi connectivity index (χ4n) is 2.51. The molecule has 25 heavy (non-hydrogen) atoms. The van der Waals surface area contributed by atoms with E-state index in [1.807, 2.05) is 0 Å². The van der Waals surface area contributed by atoms with Gasteiger partial charge < -0.3 is 4.74 Å². The van der Waals surface area contributed by atoms with Gasteiger partial charge >= 0.3 is 5.97 Å². The van der Waals surface area contributed by atoms with Gasteiger partial charge in [0.2, 0.25) is 0 Å². The maximum atomic E-state index is 12.2. The lowest BCUT2D eigenvalue weighted by Crippen LogP contribution is -2.32. The molecule has 0 spiro atoms. The number of esters is 1. The van der Waals surface area contributed by atoms with E-state index in [1.54, 1.807) is 42.5 Å². The van der Waals surface area contributed by atoms with Crippen molar-refractivity contribution in [3.8, 4) is 0 Å². The Labute approximate surface area is 154 Å².